The second-order valence-corrected chi connectivity index (χ2v) is 12.3. The Morgan fingerprint density at radius 2 is 1.67 bits per heavy atom. The topological polar surface area (TPSA) is 124 Å². The number of aryl methyl sites for hydroxylation is 1. The normalized spacial score (nSPS) is 15.4. The van der Waals surface area contributed by atoms with Gasteiger partial charge >= 0.3 is 15.5 Å². The largest absolute Gasteiger partial charge is 0.459 e. The zero-order valence-corrected chi connectivity index (χ0v) is 23.7. The van der Waals surface area contributed by atoms with Crippen LogP contribution >= 0.6 is 39.0 Å². The molecule has 0 aromatic carbocycles. The number of hydrogen-bond acceptors (Lipinski definition) is 11. The van der Waals surface area contributed by atoms with E-state index >= 15 is 0 Å². The van der Waals surface area contributed by atoms with Crippen molar-refractivity contribution in [2.45, 2.75) is 34.6 Å². The maximum absolute atomic E-state index is 12.0. The van der Waals surface area contributed by atoms with Crippen LogP contribution in [0.25, 0.3) is 0 Å². The van der Waals surface area contributed by atoms with Gasteiger partial charge in [-0.05, 0) is 41.7 Å². The van der Waals surface area contributed by atoms with Gasteiger partial charge in [-0.25, -0.2) is 19.2 Å². The van der Waals surface area contributed by atoms with E-state index in [2.05, 4.69) is 19.8 Å². The Morgan fingerprint density at radius 1 is 1.09 bits per heavy atom. The summed E-state index contributed by atoms with van der Waals surface area (Å²) in [5.41, 5.74) is 0.741. The predicted octanol–water partition coefficient (Wildman–Crippen LogP) is 4.99. The van der Waals surface area contributed by atoms with Gasteiger partial charge in [-0.1, -0.05) is 23.5 Å². The molecule has 15 heteroatoms. The molecule has 190 valence electrons. The van der Waals surface area contributed by atoms with Crippen molar-refractivity contribution in [3.63, 3.8) is 0 Å². The first kappa shape index (κ1) is 30.4. The summed E-state index contributed by atoms with van der Waals surface area (Å²) in [5, 5.41) is 2.51. The average Bonchev–Trinajstić information content (AvgIpc) is 3.27. The molecule has 0 saturated carbocycles. The molecule has 33 heavy (non-hydrogen) atoms. The molecule has 0 amide bonds. The minimum atomic E-state index is -3.35. The van der Waals surface area contributed by atoms with Crippen molar-refractivity contribution in [3.8, 4) is 5.88 Å². The van der Waals surface area contributed by atoms with E-state index in [-0.39, 0.29) is 5.88 Å². The van der Waals surface area contributed by atoms with Crippen molar-refractivity contribution >= 4 is 49.3 Å². The summed E-state index contributed by atoms with van der Waals surface area (Å²) in [5.74, 6) is 2.82. The summed E-state index contributed by atoms with van der Waals surface area (Å²) in [6.45, 7) is 11.7. The van der Waals surface area contributed by atoms with Crippen LogP contribution in [0.1, 0.15) is 33.4 Å². The standard InChI is InChI=1S/C11H21N4O3P.C7H14NO3PS2/c1-6-15(7-2)11-13-9(3)8-10(14-11)18-19(16,12-4)17-5;1-3-10-12(9,11-4-2)8-7-13-5-6-14-7/h8H,6-7H2,1-5H3,(H,12,16);3-6H2,1-2H3. The second kappa shape index (κ2) is 15.4. The molecule has 0 radical (unpaired) electrons. The van der Waals surface area contributed by atoms with E-state index in [9.17, 15) is 9.13 Å². The molecule has 1 N–H and O–H groups in total. The molecule has 0 aliphatic carbocycles. The Morgan fingerprint density at radius 3 is 2.12 bits per heavy atom. The Labute approximate surface area is 205 Å². The summed E-state index contributed by atoms with van der Waals surface area (Å²) in [6.07, 6.45) is 0. The van der Waals surface area contributed by atoms with Gasteiger partial charge < -0.3 is 9.42 Å². The maximum atomic E-state index is 12.0. The van der Waals surface area contributed by atoms with Crippen molar-refractivity contribution in [1.29, 1.82) is 0 Å². The number of nitrogens with zero attached hydrogens (tertiary/aromatic N) is 4. The van der Waals surface area contributed by atoms with E-state index in [1.807, 2.05) is 25.7 Å². The van der Waals surface area contributed by atoms with Gasteiger partial charge in [0.25, 0.3) is 0 Å². The molecular formula is C18H35N5O6P2S2. The van der Waals surface area contributed by atoms with Gasteiger partial charge in [0, 0.05) is 43.5 Å². The van der Waals surface area contributed by atoms with Crippen molar-refractivity contribution in [2.24, 2.45) is 4.76 Å². The van der Waals surface area contributed by atoms with E-state index < -0.39 is 15.5 Å². The molecule has 1 atom stereocenters. The quantitative estimate of drug-likeness (QED) is 0.357. The molecule has 1 aliphatic heterocycles. The molecule has 1 unspecified atom stereocenters. The second-order valence-electron chi connectivity index (χ2n) is 6.18. The SMILES string of the molecule is CCN(CC)c1nc(C)cc(OP(=O)(NC)OC)n1.CCOP(=O)(N=C1SCCS1)OCC. The number of anilines is 1. The summed E-state index contributed by atoms with van der Waals surface area (Å²) < 4.78 is 49.0. The fraction of sp³-hybridized carbons (Fsp3) is 0.722. The number of hydrogen-bond donors (Lipinski definition) is 1. The van der Waals surface area contributed by atoms with Gasteiger partial charge in [0.05, 0.1) is 13.2 Å². The Balaban J connectivity index is 0.000000346. The molecule has 1 fully saturated rings. The van der Waals surface area contributed by atoms with E-state index in [4.69, 9.17) is 18.1 Å². The molecular weight excluding hydrogens is 508 g/mol. The number of aromatic nitrogens is 2. The van der Waals surface area contributed by atoms with Crippen LogP contribution in [-0.4, -0.2) is 66.3 Å². The van der Waals surface area contributed by atoms with Crippen LogP contribution in [0.4, 0.5) is 5.95 Å². The average molecular weight is 544 g/mol. The van der Waals surface area contributed by atoms with Gasteiger partial charge in [0.1, 0.15) is 4.38 Å². The molecule has 1 aromatic heterocycles. The van der Waals surface area contributed by atoms with Gasteiger partial charge in [-0.3, -0.25) is 13.6 Å². The molecule has 2 rings (SSSR count). The highest BCUT2D eigenvalue weighted by atomic mass is 32.2. The molecule has 0 bridgehead atoms. The van der Waals surface area contributed by atoms with Crippen LogP contribution in [0.15, 0.2) is 10.8 Å². The third kappa shape index (κ3) is 10.7. The van der Waals surface area contributed by atoms with E-state index in [1.165, 1.54) is 14.2 Å². The first-order valence-electron chi connectivity index (χ1n) is 10.6. The van der Waals surface area contributed by atoms with Crippen molar-refractivity contribution in [3.05, 3.63) is 11.8 Å². The van der Waals surface area contributed by atoms with E-state index in [0.717, 1.165) is 34.7 Å². The third-order valence-corrected chi connectivity index (χ3v) is 9.72. The van der Waals surface area contributed by atoms with Crippen LogP contribution in [0.3, 0.4) is 0 Å². The lowest BCUT2D eigenvalue weighted by atomic mass is 10.4. The van der Waals surface area contributed by atoms with Crippen LogP contribution in [-0.2, 0) is 22.7 Å². The van der Waals surface area contributed by atoms with Crippen LogP contribution in [0, 0.1) is 6.92 Å². The number of rotatable bonds is 12. The smallest absolute Gasteiger partial charge is 0.395 e. The molecule has 1 aromatic rings. The first-order valence-corrected chi connectivity index (χ1v) is 15.6. The number of thioether (sulfide) groups is 2. The van der Waals surface area contributed by atoms with Crippen molar-refractivity contribution in [1.82, 2.24) is 15.1 Å². The molecule has 0 spiro atoms. The summed E-state index contributed by atoms with van der Waals surface area (Å²) in [6, 6.07) is 1.62. The monoisotopic (exact) mass is 543 g/mol. The third-order valence-electron chi connectivity index (χ3n) is 3.92. The molecule has 1 aliphatic rings. The highest BCUT2D eigenvalue weighted by molar-refractivity contribution is 8.41. The van der Waals surface area contributed by atoms with E-state index in [1.54, 1.807) is 43.4 Å². The Kier molecular flexibility index (Phi) is 14.1. The highest BCUT2D eigenvalue weighted by Gasteiger charge is 2.25. The Hall–Kier alpha value is -0.650. The minimum absolute atomic E-state index is 0.230. The van der Waals surface area contributed by atoms with Crippen LogP contribution in [0.5, 0.6) is 5.88 Å². The van der Waals surface area contributed by atoms with Gasteiger partial charge in [0.15, 0.2) is 0 Å². The minimum Gasteiger partial charge on any atom is -0.395 e. The molecule has 2 heterocycles. The summed E-state index contributed by atoms with van der Waals surface area (Å²) >= 11 is 3.20. The van der Waals surface area contributed by atoms with Crippen molar-refractivity contribution < 1.29 is 27.2 Å². The predicted molar refractivity (Wildman–Crippen MR) is 138 cm³/mol. The van der Waals surface area contributed by atoms with Gasteiger partial charge in [-0.2, -0.15) is 9.75 Å². The summed E-state index contributed by atoms with van der Waals surface area (Å²) in [4.78, 5) is 10.6. The van der Waals surface area contributed by atoms with Crippen molar-refractivity contribution in [2.75, 3.05) is 56.9 Å². The molecule has 1 saturated heterocycles. The molecule has 11 nitrogen and oxygen atoms in total. The summed E-state index contributed by atoms with van der Waals surface area (Å²) in [7, 11) is -3.75. The Bertz CT molecular complexity index is 834. The van der Waals surface area contributed by atoms with Crippen LogP contribution in [0.2, 0.25) is 0 Å². The number of nitrogens with one attached hydrogen (secondary N) is 1. The zero-order chi connectivity index (χ0) is 24.9. The fourth-order valence-corrected chi connectivity index (χ4v) is 7.04. The highest BCUT2D eigenvalue weighted by Crippen LogP contribution is 2.52. The van der Waals surface area contributed by atoms with Crippen LogP contribution < -0.4 is 14.5 Å². The lowest BCUT2D eigenvalue weighted by molar-refractivity contribution is 0.221. The van der Waals surface area contributed by atoms with E-state index in [0.29, 0.717) is 19.2 Å². The first-order chi connectivity index (χ1) is 15.7. The van der Waals surface area contributed by atoms with Gasteiger partial charge in [-0.15, -0.1) is 0 Å². The lowest BCUT2D eigenvalue weighted by Crippen LogP contribution is -2.24. The fourth-order valence-electron chi connectivity index (χ4n) is 2.40. The van der Waals surface area contributed by atoms with Gasteiger partial charge in [0.2, 0.25) is 11.8 Å². The maximum Gasteiger partial charge on any atom is 0.459 e. The zero-order valence-electron chi connectivity index (χ0n) is 20.3. The lowest BCUT2D eigenvalue weighted by Gasteiger charge is -2.20.